The molecule has 3 aromatic rings. The van der Waals surface area contributed by atoms with Gasteiger partial charge in [-0.15, -0.1) is 0 Å². The molecule has 0 aromatic carbocycles. The van der Waals surface area contributed by atoms with E-state index in [0.717, 1.165) is 36.8 Å². The summed E-state index contributed by atoms with van der Waals surface area (Å²) in [7, 11) is -3.28. The molecule has 224 valence electrons. The Balaban J connectivity index is 1.46. The van der Waals surface area contributed by atoms with Gasteiger partial charge in [0.05, 0.1) is 6.26 Å². The normalized spacial score (nSPS) is 25.4. The first-order chi connectivity index (χ1) is 19.6. The topological polar surface area (TPSA) is 155 Å². The van der Waals surface area contributed by atoms with Gasteiger partial charge in [0.15, 0.2) is 11.5 Å². The summed E-state index contributed by atoms with van der Waals surface area (Å²) >= 11 is 0. The lowest BCUT2D eigenvalue weighted by atomic mass is 9.80. The standard InChI is InChI=1S/C27H41N9O4S/c1-16-8-10-19(11-9-16)15-36-21-22(28-18(3)20-6-5-7-20)29-24(25-32-27(37)40-33-25)30-23(21)31-26(36)35-13-12-34(14-17(35)2)41(4,38)39/h16-20H,5-15H2,1-4H3,(H,28,29,30)(H,32,33,37)/t16-,17-,18-,19-/m1/s1. The molecule has 0 bridgehead atoms. The van der Waals surface area contributed by atoms with Crippen LogP contribution in [0.1, 0.15) is 65.7 Å². The summed E-state index contributed by atoms with van der Waals surface area (Å²) in [6.45, 7) is 8.65. The lowest BCUT2D eigenvalue weighted by molar-refractivity contribution is 0.265. The van der Waals surface area contributed by atoms with E-state index >= 15 is 0 Å². The van der Waals surface area contributed by atoms with Gasteiger partial charge in [-0.3, -0.25) is 9.51 Å². The summed E-state index contributed by atoms with van der Waals surface area (Å²) in [5.74, 6) is 2.97. The molecule has 2 N–H and O–H groups in total. The Morgan fingerprint density at radius 1 is 1.07 bits per heavy atom. The van der Waals surface area contributed by atoms with E-state index < -0.39 is 15.8 Å². The molecule has 2 atom stereocenters. The Labute approximate surface area is 240 Å². The predicted molar refractivity (Wildman–Crippen MR) is 156 cm³/mol. The molecule has 0 spiro atoms. The molecule has 2 saturated carbocycles. The zero-order chi connectivity index (χ0) is 28.9. The fourth-order valence-corrected chi connectivity index (χ4v) is 7.42. The largest absolute Gasteiger partial charge is 0.439 e. The molecule has 0 unspecified atom stereocenters. The second kappa shape index (κ2) is 11.0. The molecule has 41 heavy (non-hydrogen) atoms. The van der Waals surface area contributed by atoms with E-state index in [9.17, 15) is 13.2 Å². The van der Waals surface area contributed by atoms with E-state index in [1.54, 1.807) is 0 Å². The van der Waals surface area contributed by atoms with Gasteiger partial charge in [-0.05, 0) is 57.3 Å². The van der Waals surface area contributed by atoms with Crippen molar-refractivity contribution < 1.29 is 12.9 Å². The van der Waals surface area contributed by atoms with Gasteiger partial charge < -0.3 is 14.8 Å². The van der Waals surface area contributed by atoms with Crippen LogP contribution in [0, 0.1) is 17.8 Å². The second-order valence-electron chi connectivity index (χ2n) is 12.4. The fraction of sp³-hybridized carbons (Fsp3) is 0.741. The van der Waals surface area contributed by atoms with Crippen molar-refractivity contribution in [3.05, 3.63) is 10.6 Å². The summed E-state index contributed by atoms with van der Waals surface area (Å²) in [6, 6.07) is 0.121. The lowest BCUT2D eigenvalue weighted by Crippen LogP contribution is -2.54. The van der Waals surface area contributed by atoms with Gasteiger partial charge in [-0.25, -0.2) is 23.2 Å². The summed E-state index contributed by atoms with van der Waals surface area (Å²) in [5, 5.41) is 7.51. The van der Waals surface area contributed by atoms with Crippen LogP contribution >= 0.6 is 0 Å². The minimum atomic E-state index is -3.28. The van der Waals surface area contributed by atoms with Crippen LogP contribution in [-0.2, 0) is 16.6 Å². The number of piperazine rings is 1. The molecule has 0 amide bonds. The summed E-state index contributed by atoms with van der Waals surface area (Å²) in [4.78, 5) is 31.2. The first kappa shape index (κ1) is 28.1. The Kier molecular flexibility index (Phi) is 7.55. The molecule has 0 radical (unpaired) electrons. The van der Waals surface area contributed by atoms with Crippen LogP contribution in [0.3, 0.4) is 0 Å². The van der Waals surface area contributed by atoms with Gasteiger partial charge in [-0.2, -0.15) is 9.29 Å². The van der Waals surface area contributed by atoms with E-state index in [0.29, 0.717) is 42.9 Å². The molecule has 1 aliphatic heterocycles. The van der Waals surface area contributed by atoms with Crippen LogP contribution in [0.25, 0.3) is 22.8 Å². The van der Waals surface area contributed by atoms with Crippen LogP contribution in [0.4, 0.5) is 11.8 Å². The Morgan fingerprint density at radius 2 is 1.83 bits per heavy atom. The van der Waals surface area contributed by atoms with Crippen molar-refractivity contribution in [3.63, 3.8) is 0 Å². The van der Waals surface area contributed by atoms with Crippen molar-refractivity contribution in [2.24, 2.45) is 17.8 Å². The van der Waals surface area contributed by atoms with Crippen LogP contribution < -0.4 is 16.0 Å². The van der Waals surface area contributed by atoms with Crippen molar-refractivity contribution in [3.8, 4) is 11.6 Å². The highest BCUT2D eigenvalue weighted by Gasteiger charge is 2.34. The van der Waals surface area contributed by atoms with Crippen molar-refractivity contribution in [1.82, 2.24) is 34.0 Å². The van der Waals surface area contributed by atoms with Crippen molar-refractivity contribution in [1.29, 1.82) is 0 Å². The Bertz CT molecular complexity index is 1550. The molecule has 4 heterocycles. The van der Waals surface area contributed by atoms with E-state index in [-0.39, 0.29) is 23.7 Å². The SMILES string of the molecule is C[C@@H]1CN(S(C)(=O)=O)CCN1c1nc2nc(-c3noc(=O)[nH]3)nc(N[C@H](C)C3CCC3)c2n1C[C@H]1CC[C@H](C)CC1. The van der Waals surface area contributed by atoms with Gasteiger partial charge in [-0.1, -0.05) is 31.3 Å². The smallest absolute Gasteiger partial charge is 0.365 e. The number of nitrogens with zero attached hydrogens (tertiary/aromatic N) is 7. The second-order valence-corrected chi connectivity index (χ2v) is 14.4. The minimum absolute atomic E-state index is 0.0787. The Hall–Kier alpha value is -3.00. The number of rotatable bonds is 8. The van der Waals surface area contributed by atoms with Gasteiger partial charge in [0.2, 0.25) is 27.6 Å². The third-order valence-corrected chi connectivity index (χ3v) is 10.6. The monoisotopic (exact) mass is 587 g/mol. The number of sulfonamides is 1. The number of hydrogen-bond donors (Lipinski definition) is 2. The van der Waals surface area contributed by atoms with Gasteiger partial charge in [0.1, 0.15) is 5.52 Å². The molecular formula is C27H41N9O4S. The van der Waals surface area contributed by atoms with Gasteiger partial charge in [0, 0.05) is 38.3 Å². The predicted octanol–water partition coefficient (Wildman–Crippen LogP) is 3.07. The highest BCUT2D eigenvalue weighted by molar-refractivity contribution is 7.88. The number of aromatic amines is 1. The van der Waals surface area contributed by atoms with E-state index in [4.69, 9.17) is 19.5 Å². The highest BCUT2D eigenvalue weighted by atomic mass is 32.2. The number of imidazole rings is 1. The van der Waals surface area contributed by atoms with Crippen LogP contribution in [0.2, 0.25) is 0 Å². The van der Waals surface area contributed by atoms with Crippen LogP contribution in [0.5, 0.6) is 0 Å². The zero-order valence-electron chi connectivity index (χ0n) is 24.3. The number of hydrogen-bond acceptors (Lipinski definition) is 10. The molecule has 3 fully saturated rings. The quantitative estimate of drug-likeness (QED) is 0.402. The zero-order valence-corrected chi connectivity index (χ0v) is 25.2. The average Bonchev–Trinajstić information content (AvgIpc) is 3.47. The maximum absolute atomic E-state index is 12.3. The van der Waals surface area contributed by atoms with Gasteiger partial charge in [0.25, 0.3) is 0 Å². The molecular weight excluding hydrogens is 546 g/mol. The molecule has 6 rings (SSSR count). The first-order valence-corrected chi connectivity index (χ1v) is 16.7. The molecule has 3 aromatic heterocycles. The van der Waals surface area contributed by atoms with E-state index in [2.05, 4.69) is 38.8 Å². The summed E-state index contributed by atoms with van der Waals surface area (Å²) in [6.07, 6.45) is 9.58. The number of anilines is 2. The molecule has 2 aliphatic carbocycles. The Morgan fingerprint density at radius 3 is 2.44 bits per heavy atom. The number of nitrogens with one attached hydrogen (secondary N) is 2. The molecule has 1 saturated heterocycles. The molecule has 13 nitrogen and oxygen atoms in total. The van der Waals surface area contributed by atoms with Crippen LogP contribution in [0.15, 0.2) is 9.32 Å². The molecule has 14 heteroatoms. The van der Waals surface area contributed by atoms with Crippen molar-refractivity contribution in [2.75, 3.05) is 36.1 Å². The van der Waals surface area contributed by atoms with E-state index in [1.165, 1.54) is 42.7 Å². The minimum Gasteiger partial charge on any atom is -0.365 e. The van der Waals surface area contributed by atoms with E-state index in [1.807, 2.05) is 6.92 Å². The van der Waals surface area contributed by atoms with Crippen molar-refractivity contribution in [2.45, 2.75) is 84.3 Å². The number of H-pyrrole nitrogens is 1. The number of aromatic nitrogens is 6. The lowest BCUT2D eigenvalue weighted by Gasteiger charge is -2.39. The maximum Gasteiger partial charge on any atom is 0.439 e. The van der Waals surface area contributed by atoms with Crippen molar-refractivity contribution >= 4 is 33.0 Å². The fourth-order valence-electron chi connectivity index (χ4n) is 6.52. The highest BCUT2D eigenvalue weighted by Crippen LogP contribution is 2.37. The third-order valence-electron chi connectivity index (χ3n) is 9.35. The summed E-state index contributed by atoms with van der Waals surface area (Å²) < 4.78 is 33.1. The third kappa shape index (κ3) is 5.72. The van der Waals surface area contributed by atoms with Gasteiger partial charge >= 0.3 is 5.76 Å². The maximum atomic E-state index is 12.3. The first-order valence-electron chi connectivity index (χ1n) is 14.9. The molecule has 3 aliphatic rings. The summed E-state index contributed by atoms with van der Waals surface area (Å²) in [5.41, 5.74) is 1.34. The van der Waals surface area contributed by atoms with Crippen LogP contribution in [-0.4, -0.2) is 80.4 Å². The number of fused-ring (bicyclic) bond motifs is 1. The average molecular weight is 588 g/mol.